The summed E-state index contributed by atoms with van der Waals surface area (Å²) in [4.78, 5) is 0. The molecule has 158 valence electrons. The van der Waals surface area contributed by atoms with Gasteiger partial charge >= 0.3 is 0 Å². The molecule has 0 atom stereocenters. The maximum Gasteiger partial charge on any atom is 0.111 e. The minimum atomic E-state index is 0.467. The fourth-order valence-electron chi connectivity index (χ4n) is 2.23. The summed E-state index contributed by atoms with van der Waals surface area (Å²) in [6, 6.07) is 8.17. The summed E-state index contributed by atoms with van der Waals surface area (Å²) < 4.78 is 31.8. The fraction of sp³-hybridized carbons (Fsp3) is 0.545. The second-order valence-electron chi connectivity index (χ2n) is 6.12. The van der Waals surface area contributed by atoms with Crippen molar-refractivity contribution in [1.82, 2.24) is 0 Å². The van der Waals surface area contributed by atoms with Crippen molar-refractivity contribution in [3.8, 4) is 0 Å². The fourth-order valence-corrected chi connectivity index (χ4v) is 2.23. The number of ether oxygens (including phenoxy) is 6. The van der Waals surface area contributed by atoms with Crippen LogP contribution in [-0.2, 0) is 28.4 Å². The molecule has 0 unspecified atom stereocenters. The first-order chi connectivity index (χ1) is 13.7. The van der Waals surface area contributed by atoms with Crippen LogP contribution in [0.25, 0.3) is 11.1 Å². The Labute approximate surface area is 169 Å². The SMILES string of the molecule is C=C(COCCOCCOC)c1cccc(C(C)=COCCOCCOC)c1. The smallest absolute Gasteiger partial charge is 0.111 e. The lowest BCUT2D eigenvalue weighted by molar-refractivity contribution is 0.0325. The largest absolute Gasteiger partial charge is 0.498 e. The Balaban J connectivity index is 2.34. The zero-order valence-corrected chi connectivity index (χ0v) is 17.4. The molecule has 0 aliphatic heterocycles. The molecule has 0 aliphatic rings. The van der Waals surface area contributed by atoms with Crippen molar-refractivity contribution in [3.05, 3.63) is 48.2 Å². The normalized spacial score (nSPS) is 11.6. The molecule has 28 heavy (non-hydrogen) atoms. The van der Waals surface area contributed by atoms with Crippen LogP contribution in [0.5, 0.6) is 0 Å². The number of rotatable bonds is 17. The quantitative estimate of drug-likeness (QED) is 0.298. The van der Waals surface area contributed by atoms with E-state index in [1.54, 1.807) is 20.5 Å². The van der Waals surface area contributed by atoms with Crippen molar-refractivity contribution in [1.29, 1.82) is 0 Å². The molecule has 0 spiro atoms. The average Bonchev–Trinajstić information content (AvgIpc) is 2.72. The zero-order valence-electron chi connectivity index (χ0n) is 17.4. The van der Waals surface area contributed by atoms with Gasteiger partial charge in [0, 0.05) is 14.2 Å². The van der Waals surface area contributed by atoms with E-state index in [9.17, 15) is 0 Å². The van der Waals surface area contributed by atoms with Crippen molar-refractivity contribution in [2.75, 3.05) is 73.7 Å². The van der Waals surface area contributed by atoms with Gasteiger partial charge in [-0.2, -0.15) is 0 Å². The lowest BCUT2D eigenvalue weighted by atomic mass is 10.0. The molecule has 0 amide bonds. The minimum Gasteiger partial charge on any atom is -0.498 e. The molecular weight excluding hydrogens is 360 g/mol. The third-order valence-electron chi connectivity index (χ3n) is 3.84. The molecule has 0 saturated heterocycles. The summed E-state index contributed by atoms with van der Waals surface area (Å²) in [6.07, 6.45) is 1.76. The van der Waals surface area contributed by atoms with Gasteiger partial charge in [0.25, 0.3) is 0 Å². The highest BCUT2D eigenvalue weighted by Crippen LogP contribution is 2.20. The second-order valence-corrected chi connectivity index (χ2v) is 6.12. The van der Waals surface area contributed by atoms with Crippen molar-refractivity contribution in [2.45, 2.75) is 6.92 Å². The molecule has 0 N–H and O–H groups in total. The third kappa shape index (κ3) is 11.2. The molecule has 0 aliphatic carbocycles. The van der Waals surface area contributed by atoms with E-state index < -0.39 is 0 Å². The van der Waals surface area contributed by atoms with Gasteiger partial charge < -0.3 is 28.4 Å². The van der Waals surface area contributed by atoms with Crippen LogP contribution < -0.4 is 0 Å². The first-order valence-electron chi connectivity index (χ1n) is 9.47. The Bertz CT molecular complexity index is 570. The van der Waals surface area contributed by atoms with Crippen molar-refractivity contribution in [3.63, 3.8) is 0 Å². The first-order valence-corrected chi connectivity index (χ1v) is 9.47. The number of hydrogen-bond donors (Lipinski definition) is 0. The summed E-state index contributed by atoms with van der Waals surface area (Å²) >= 11 is 0. The molecule has 0 aromatic heterocycles. The van der Waals surface area contributed by atoms with Crippen LogP contribution in [0, 0.1) is 0 Å². The summed E-state index contributed by atoms with van der Waals surface area (Å²) in [6.45, 7) is 11.1. The Morgan fingerprint density at radius 1 is 0.821 bits per heavy atom. The first kappa shape index (κ1) is 24.3. The van der Waals surface area contributed by atoms with Crippen molar-refractivity contribution in [2.24, 2.45) is 0 Å². The van der Waals surface area contributed by atoms with Crippen LogP contribution in [0.3, 0.4) is 0 Å². The van der Waals surface area contributed by atoms with E-state index in [0.717, 1.165) is 22.3 Å². The number of methoxy groups -OCH3 is 2. The molecule has 6 nitrogen and oxygen atoms in total. The Kier molecular flexibility index (Phi) is 14.1. The van der Waals surface area contributed by atoms with Crippen LogP contribution in [0.1, 0.15) is 18.1 Å². The van der Waals surface area contributed by atoms with Crippen LogP contribution in [-0.4, -0.2) is 73.7 Å². The topological polar surface area (TPSA) is 55.4 Å². The summed E-state index contributed by atoms with van der Waals surface area (Å²) in [5.41, 5.74) is 4.10. The molecule has 0 heterocycles. The number of hydrogen-bond acceptors (Lipinski definition) is 6. The van der Waals surface area contributed by atoms with E-state index in [0.29, 0.717) is 59.5 Å². The van der Waals surface area contributed by atoms with E-state index in [1.807, 2.05) is 25.1 Å². The molecule has 1 rings (SSSR count). The highest BCUT2D eigenvalue weighted by molar-refractivity contribution is 5.70. The van der Waals surface area contributed by atoms with Gasteiger partial charge in [0.05, 0.1) is 59.1 Å². The minimum absolute atomic E-state index is 0.467. The molecule has 1 aromatic carbocycles. The zero-order chi connectivity index (χ0) is 20.5. The second kappa shape index (κ2) is 16.3. The van der Waals surface area contributed by atoms with Crippen LogP contribution in [0.4, 0.5) is 0 Å². The molecule has 6 heteroatoms. The molecule has 0 fully saturated rings. The van der Waals surface area contributed by atoms with E-state index in [4.69, 9.17) is 28.4 Å². The van der Waals surface area contributed by atoms with Gasteiger partial charge in [0.15, 0.2) is 0 Å². The monoisotopic (exact) mass is 394 g/mol. The molecule has 0 saturated carbocycles. The maximum absolute atomic E-state index is 5.62. The predicted molar refractivity (Wildman–Crippen MR) is 111 cm³/mol. The lowest BCUT2D eigenvalue weighted by Crippen LogP contribution is -2.09. The van der Waals surface area contributed by atoms with Gasteiger partial charge in [-0.3, -0.25) is 0 Å². The van der Waals surface area contributed by atoms with Gasteiger partial charge in [-0.25, -0.2) is 0 Å². The van der Waals surface area contributed by atoms with Gasteiger partial charge in [-0.05, 0) is 35.3 Å². The summed E-state index contributed by atoms with van der Waals surface area (Å²) in [7, 11) is 3.31. The van der Waals surface area contributed by atoms with Gasteiger partial charge in [-0.1, -0.05) is 24.8 Å². The highest BCUT2D eigenvalue weighted by Gasteiger charge is 2.03. The van der Waals surface area contributed by atoms with Crippen LogP contribution in [0.2, 0.25) is 0 Å². The van der Waals surface area contributed by atoms with Crippen molar-refractivity contribution < 1.29 is 28.4 Å². The van der Waals surface area contributed by atoms with Gasteiger partial charge in [-0.15, -0.1) is 0 Å². The van der Waals surface area contributed by atoms with Gasteiger partial charge in [0.1, 0.15) is 6.61 Å². The molecule has 0 bridgehead atoms. The molecule has 0 radical (unpaired) electrons. The van der Waals surface area contributed by atoms with E-state index >= 15 is 0 Å². The van der Waals surface area contributed by atoms with Crippen LogP contribution in [0.15, 0.2) is 37.1 Å². The predicted octanol–water partition coefficient (Wildman–Crippen LogP) is 3.42. The standard InChI is InChI=1S/C22H34O6/c1-19(17-27-14-12-25-10-8-23-3)21-6-5-7-22(16-21)20(2)18-28-15-13-26-11-9-24-4/h5-7,16,18H,1,8-15,17H2,2-4H3. The maximum atomic E-state index is 5.62. The van der Waals surface area contributed by atoms with Crippen molar-refractivity contribution >= 4 is 11.1 Å². The van der Waals surface area contributed by atoms with E-state index in [1.165, 1.54) is 0 Å². The summed E-state index contributed by atoms with van der Waals surface area (Å²) in [5, 5.41) is 0. The third-order valence-corrected chi connectivity index (χ3v) is 3.84. The van der Waals surface area contributed by atoms with Gasteiger partial charge in [0.2, 0.25) is 0 Å². The van der Waals surface area contributed by atoms with E-state index in [-0.39, 0.29) is 0 Å². The Morgan fingerprint density at radius 2 is 1.39 bits per heavy atom. The Morgan fingerprint density at radius 3 is 2.07 bits per heavy atom. The molecule has 1 aromatic rings. The van der Waals surface area contributed by atoms with E-state index in [2.05, 4.69) is 12.6 Å². The lowest BCUT2D eigenvalue weighted by Gasteiger charge is -2.10. The average molecular weight is 395 g/mol. The number of allylic oxidation sites excluding steroid dienone is 1. The highest BCUT2D eigenvalue weighted by atomic mass is 16.5. The molecular formula is C22H34O6. The number of benzene rings is 1. The summed E-state index contributed by atoms with van der Waals surface area (Å²) in [5.74, 6) is 0. The van der Waals surface area contributed by atoms with Crippen LogP contribution >= 0.6 is 0 Å². The Hall–Kier alpha value is -1.70.